The number of ether oxygens (including phenoxy) is 2. The van der Waals surface area contributed by atoms with Gasteiger partial charge in [-0.2, -0.15) is 0 Å². The number of terminal acetylenes is 1. The summed E-state index contributed by atoms with van der Waals surface area (Å²) in [5.74, 6) is 3.73. The summed E-state index contributed by atoms with van der Waals surface area (Å²) >= 11 is 0. The van der Waals surface area contributed by atoms with Crippen LogP contribution in [0.15, 0.2) is 18.2 Å². The monoisotopic (exact) mass is 289 g/mol. The Morgan fingerprint density at radius 3 is 2.57 bits per heavy atom. The van der Waals surface area contributed by atoms with E-state index in [9.17, 15) is 4.79 Å². The predicted octanol–water partition coefficient (Wildman–Crippen LogP) is 3.02. The lowest BCUT2D eigenvalue weighted by Crippen LogP contribution is -2.24. The normalized spacial score (nSPS) is 9.76. The number of nitrogens with one attached hydrogen (secondary N) is 1. The summed E-state index contributed by atoms with van der Waals surface area (Å²) in [6, 6.07) is 5.22. The van der Waals surface area contributed by atoms with Crippen molar-refractivity contribution >= 4 is 5.91 Å². The Bertz CT molecular complexity index is 491. The minimum absolute atomic E-state index is 0.111. The van der Waals surface area contributed by atoms with Gasteiger partial charge in [0.05, 0.1) is 13.2 Å². The fourth-order valence-corrected chi connectivity index (χ4v) is 1.85. The van der Waals surface area contributed by atoms with Crippen LogP contribution >= 0.6 is 0 Å². The van der Waals surface area contributed by atoms with Gasteiger partial charge in [0.15, 0.2) is 11.5 Å². The first-order valence-corrected chi connectivity index (χ1v) is 7.34. The number of hydrogen-bond acceptors (Lipinski definition) is 3. The molecule has 1 aromatic carbocycles. The highest BCUT2D eigenvalue weighted by Gasteiger charge is 2.11. The molecular formula is C17H23NO3. The van der Waals surface area contributed by atoms with Gasteiger partial charge in [-0.1, -0.05) is 0 Å². The van der Waals surface area contributed by atoms with Crippen LogP contribution in [-0.4, -0.2) is 25.7 Å². The molecule has 1 amide bonds. The summed E-state index contributed by atoms with van der Waals surface area (Å²) in [6.07, 6.45) is 7.73. The summed E-state index contributed by atoms with van der Waals surface area (Å²) in [6.45, 7) is 5.51. The summed E-state index contributed by atoms with van der Waals surface area (Å²) in [5.41, 5.74) is 0.568. The summed E-state index contributed by atoms with van der Waals surface area (Å²) in [7, 11) is 0. The van der Waals surface area contributed by atoms with Crippen LogP contribution in [0.5, 0.6) is 11.5 Å². The zero-order valence-electron chi connectivity index (χ0n) is 12.8. The van der Waals surface area contributed by atoms with Crippen LogP contribution < -0.4 is 14.8 Å². The van der Waals surface area contributed by atoms with Crippen LogP contribution in [0.3, 0.4) is 0 Å². The maximum absolute atomic E-state index is 12.1. The Hall–Kier alpha value is -2.15. The Kier molecular flexibility index (Phi) is 7.81. The molecule has 0 fully saturated rings. The van der Waals surface area contributed by atoms with Crippen LogP contribution in [0, 0.1) is 12.3 Å². The number of rotatable bonds is 9. The van der Waals surface area contributed by atoms with E-state index in [1.54, 1.807) is 18.2 Å². The van der Waals surface area contributed by atoms with Gasteiger partial charge in [-0.15, -0.1) is 12.3 Å². The number of hydrogen-bond donors (Lipinski definition) is 1. The van der Waals surface area contributed by atoms with Gasteiger partial charge in [0.1, 0.15) is 0 Å². The highest BCUT2D eigenvalue weighted by molar-refractivity contribution is 5.94. The van der Waals surface area contributed by atoms with Crippen LogP contribution in [0.1, 0.15) is 43.5 Å². The average molecular weight is 289 g/mol. The van der Waals surface area contributed by atoms with Gasteiger partial charge in [-0.05, 0) is 44.9 Å². The molecule has 0 unspecified atom stereocenters. The Morgan fingerprint density at radius 1 is 1.19 bits per heavy atom. The van der Waals surface area contributed by atoms with Gasteiger partial charge in [-0.25, -0.2) is 0 Å². The Balaban J connectivity index is 2.63. The van der Waals surface area contributed by atoms with E-state index in [0.29, 0.717) is 36.8 Å². The second-order valence-electron chi connectivity index (χ2n) is 4.44. The molecule has 1 N–H and O–H groups in total. The van der Waals surface area contributed by atoms with Gasteiger partial charge < -0.3 is 14.8 Å². The van der Waals surface area contributed by atoms with Crippen molar-refractivity contribution < 1.29 is 14.3 Å². The van der Waals surface area contributed by atoms with Crippen molar-refractivity contribution in [3.05, 3.63) is 23.8 Å². The molecule has 1 aromatic rings. The van der Waals surface area contributed by atoms with E-state index >= 15 is 0 Å². The Morgan fingerprint density at radius 2 is 1.90 bits per heavy atom. The molecule has 4 nitrogen and oxygen atoms in total. The van der Waals surface area contributed by atoms with Crippen molar-refractivity contribution in [3.63, 3.8) is 0 Å². The van der Waals surface area contributed by atoms with Gasteiger partial charge in [0.25, 0.3) is 5.91 Å². The van der Waals surface area contributed by atoms with Gasteiger partial charge in [0, 0.05) is 18.5 Å². The third-order valence-electron chi connectivity index (χ3n) is 2.84. The number of unbranched alkanes of at least 4 members (excludes halogenated alkanes) is 2. The molecule has 0 radical (unpaired) electrons. The molecular weight excluding hydrogens is 266 g/mol. The van der Waals surface area contributed by atoms with Crippen LogP contribution in [0.25, 0.3) is 0 Å². The zero-order chi connectivity index (χ0) is 15.5. The lowest BCUT2D eigenvalue weighted by Gasteiger charge is -2.12. The second kappa shape index (κ2) is 9.71. The van der Waals surface area contributed by atoms with Crippen molar-refractivity contribution in [3.8, 4) is 23.8 Å². The highest BCUT2D eigenvalue weighted by atomic mass is 16.5. The summed E-state index contributed by atoms with van der Waals surface area (Å²) in [5, 5.41) is 2.87. The van der Waals surface area contributed by atoms with Crippen LogP contribution in [0.4, 0.5) is 0 Å². The van der Waals surface area contributed by atoms with E-state index in [0.717, 1.165) is 19.3 Å². The molecule has 1 rings (SSSR count). The van der Waals surface area contributed by atoms with E-state index in [4.69, 9.17) is 15.9 Å². The maximum Gasteiger partial charge on any atom is 0.251 e. The second-order valence-corrected chi connectivity index (χ2v) is 4.44. The van der Waals surface area contributed by atoms with E-state index in [1.165, 1.54) is 0 Å². The lowest BCUT2D eigenvalue weighted by atomic mass is 10.1. The zero-order valence-corrected chi connectivity index (χ0v) is 12.8. The Labute approximate surface area is 126 Å². The molecule has 0 heterocycles. The fraction of sp³-hybridized carbons (Fsp3) is 0.471. The van der Waals surface area contributed by atoms with Crippen LogP contribution in [0.2, 0.25) is 0 Å². The summed E-state index contributed by atoms with van der Waals surface area (Å²) < 4.78 is 11.0. The summed E-state index contributed by atoms with van der Waals surface area (Å²) in [4.78, 5) is 12.1. The molecule has 4 heteroatoms. The third-order valence-corrected chi connectivity index (χ3v) is 2.84. The van der Waals surface area contributed by atoms with E-state index < -0.39 is 0 Å². The first-order valence-electron chi connectivity index (χ1n) is 7.34. The minimum atomic E-state index is -0.111. The molecule has 0 aliphatic heterocycles. The van der Waals surface area contributed by atoms with Crippen LogP contribution in [-0.2, 0) is 0 Å². The molecule has 0 aliphatic carbocycles. The molecule has 0 spiro atoms. The predicted molar refractivity (Wildman–Crippen MR) is 83.8 cm³/mol. The van der Waals surface area contributed by atoms with Crippen molar-refractivity contribution in [1.29, 1.82) is 0 Å². The first-order chi connectivity index (χ1) is 10.2. The highest BCUT2D eigenvalue weighted by Crippen LogP contribution is 2.28. The number of carbonyl (C=O) groups is 1. The third kappa shape index (κ3) is 5.78. The smallest absolute Gasteiger partial charge is 0.251 e. The molecule has 21 heavy (non-hydrogen) atoms. The number of benzene rings is 1. The van der Waals surface area contributed by atoms with Gasteiger partial charge in [0.2, 0.25) is 0 Å². The quantitative estimate of drug-likeness (QED) is 0.561. The fourth-order valence-electron chi connectivity index (χ4n) is 1.85. The molecule has 0 aromatic heterocycles. The van der Waals surface area contributed by atoms with Crippen molar-refractivity contribution in [2.75, 3.05) is 19.8 Å². The van der Waals surface area contributed by atoms with E-state index in [1.807, 2.05) is 13.8 Å². The minimum Gasteiger partial charge on any atom is -0.490 e. The van der Waals surface area contributed by atoms with Gasteiger partial charge >= 0.3 is 0 Å². The standard InChI is InChI=1S/C17H23NO3/c1-4-7-8-9-12-18-17(19)14-10-11-15(20-5-2)16(13-14)21-6-3/h1,10-11,13H,5-9,12H2,2-3H3,(H,18,19). The van der Waals surface area contributed by atoms with E-state index in [2.05, 4.69) is 11.2 Å². The lowest BCUT2D eigenvalue weighted by molar-refractivity contribution is 0.0952. The topological polar surface area (TPSA) is 47.6 Å². The first kappa shape index (κ1) is 16.9. The molecule has 0 saturated carbocycles. The molecule has 0 aliphatic rings. The largest absolute Gasteiger partial charge is 0.490 e. The number of carbonyl (C=O) groups excluding carboxylic acids is 1. The molecule has 0 saturated heterocycles. The SMILES string of the molecule is C#CCCCCNC(=O)c1ccc(OCC)c(OCC)c1. The average Bonchev–Trinajstić information content (AvgIpc) is 2.49. The van der Waals surface area contributed by atoms with Crippen molar-refractivity contribution in [1.82, 2.24) is 5.32 Å². The molecule has 0 atom stereocenters. The number of amides is 1. The van der Waals surface area contributed by atoms with E-state index in [-0.39, 0.29) is 5.91 Å². The molecule has 114 valence electrons. The van der Waals surface area contributed by atoms with Crippen molar-refractivity contribution in [2.24, 2.45) is 0 Å². The van der Waals surface area contributed by atoms with Crippen molar-refractivity contribution in [2.45, 2.75) is 33.1 Å². The maximum atomic E-state index is 12.1. The van der Waals surface area contributed by atoms with Gasteiger partial charge in [-0.3, -0.25) is 4.79 Å². The molecule has 0 bridgehead atoms.